The molecule has 4 aromatic rings. The van der Waals surface area contributed by atoms with Crippen molar-refractivity contribution < 1.29 is 22.6 Å². The summed E-state index contributed by atoms with van der Waals surface area (Å²) in [6.45, 7) is 3.45. The van der Waals surface area contributed by atoms with E-state index in [1.165, 1.54) is 56.1 Å². The van der Waals surface area contributed by atoms with Crippen molar-refractivity contribution in [3.8, 4) is 17.2 Å². The van der Waals surface area contributed by atoms with Crippen LogP contribution in [-0.4, -0.2) is 39.1 Å². The van der Waals surface area contributed by atoms with E-state index in [-0.39, 0.29) is 22.9 Å². The van der Waals surface area contributed by atoms with Crippen molar-refractivity contribution >= 4 is 42.2 Å². The average molecular weight is 476 g/mol. The fourth-order valence-electron chi connectivity index (χ4n) is 3.51. The maximum Gasteiger partial charge on any atom is 0.280 e. The molecule has 168 valence electrons. The van der Waals surface area contributed by atoms with Gasteiger partial charge in [0.05, 0.1) is 42.9 Å². The zero-order valence-corrected chi connectivity index (χ0v) is 19.7. The van der Waals surface area contributed by atoms with Gasteiger partial charge in [-0.15, -0.1) is 0 Å². The van der Waals surface area contributed by atoms with Gasteiger partial charge < -0.3 is 14.2 Å². The van der Waals surface area contributed by atoms with Gasteiger partial charge in [-0.25, -0.2) is 17.8 Å². The molecule has 0 aliphatic rings. The lowest BCUT2D eigenvalue weighted by atomic mass is 10.2. The summed E-state index contributed by atoms with van der Waals surface area (Å²) in [6, 6.07) is 8.48. The summed E-state index contributed by atoms with van der Waals surface area (Å²) in [4.78, 5) is 17.7. The Kier molecular flexibility index (Phi) is 5.47. The van der Waals surface area contributed by atoms with E-state index in [1.807, 2.05) is 19.1 Å². The molecule has 0 amide bonds. The van der Waals surface area contributed by atoms with Crippen molar-refractivity contribution in [1.82, 2.24) is 9.38 Å². The van der Waals surface area contributed by atoms with Crippen LogP contribution in [0, 0.1) is 13.8 Å². The number of nitrogens with zero attached hydrogens (tertiary/aromatic N) is 2. The maximum atomic E-state index is 13.3. The fraction of sp³-hybridized carbons (Fsp3) is 0.238. The smallest absolute Gasteiger partial charge is 0.280 e. The van der Waals surface area contributed by atoms with Crippen molar-refractivity contribution in [2.24, 2.45) is 0 Å². The van der Waals surface area contributed by atoms with Gasteiger partial charge in [0.2, 0.25) is 5.75 Å². The number of sulfonamides is 1. The van der Waals surface area contributed by atoms with E-state index in [0.29, 0.717) is 16.2 Å². The minimum absolute atomic E-state index is 0.109. The van der Waals surface area contributed by atoms with E-state index in [4.69, 9.17) is 14.2 Å². The highest BCUT2D eigenvalue weighted by molar-refractivity contribution is 7.92. The molecule has 0 fully saturated rings. The van der Waals surface area contributed by atoms with E-state index in [0.717, 1.165) is 10.3 Å². The molecule has 0 saturated carbocycles. The van der Waals surface area contributed by atoms with Gasteiger partial charge in [0.15, 0.2) is 21.4 Å². The first-order valence-electron chi connectivity index (χ1n) is 9.45. The molecule has 2 aromatic carbocycles. The third-order valence-corrected chi connectivity index (χ3v) is 7.44. The number of nitrogens with one attached hydrogen (secondary N) is 1. The molecule has 0 saturated heterocycles. The molecule has 0 atom stereocenters. The van der Waals surface area contributed by atoms with Crippen LogP contribution in [-0.2, 0) is 10.0 Å². The van der Waals surface area contributed by atoms with Crippen LogP contribution in [0.3, 0.4) is 0 Å². The summed E-state index contributed by atoms with van der Waals surface area (Å²) >= 11 is 1.33. The molecule has 0 aliphatic carbocycles. The molecule has 1 N–H and O–H groups in total. The molecule has 0 spiro atoms. The second-order valence-electron chi connectivity index (χ2n) is 7.04. The highest BCUT2D eigenvalue weighted by atomic mass is 32.2. The quantitative estimate of drug-likeness (QED) is 0.456. The summed E-state index contributed by atoms with van der Waals surface area (Å²) in [5.74, 6) is 0.855. The van der Waals surface area contributed by atoms with Gasteiger partial charge in [-0.05, 0) is 31.5 Å². The Labute approximate surface area is 188 Å². The number of ether oxygens (including phenoxy) is 3. The highest BCUT2D eigenvalue weighted by Gasteiger charge is 2.26. The van der Waals surface area contributed by atoms with E-state index in [9.17, 15) is 13.2 Å². The lowest BCUT2D eigenvalue weighted by Crippen LogP contribution is -2.27. The van der Waals surface area contributed by atoms with Gasteiger partial charge in [-0.3, -0.25) is 9.52 Å². The second-order valence-corrected chi connectivity index (χ2v) is 9.67. The molecule has 0 aliphatic heterocycles. The van der Waals surface area contributed by atoms with Gasteiger partial charge in [0.25, 0.3) is 15.6 Å². The van der Waals surface area contributed by atoms with Gasteiger partial charge in [-0.1, -0.05) is 17.4 Å². The zero-order valence-electron chi connectivity index (χ0n) is 18.0. The maximum absolute atomic E-state index is 13.3. The first kappa shape index (κ1) is 21.9. The highest BCUT2D eigenvalue weighted by Crippen LogP contribution is 2.40. The topological polar surface area (TPSA) is 108 Å². The number of hydrogen-bond donors (Lipinski definition) is 1. The zero-order chi connectivity index (χ0) is 23.2. The number of aromatic nitrogens is 2. The van der Waals surface area contributed by atoms with Crippen LogP contribution >= 0.6 is 11.3 Å². The predicted octanol–water partition coefficient (Wildman–Crippen LogP) is 3.35. The van der Waals surface area contributed by atoms with Crippen LogP contribution in [0.4, 0.5) is 5.69 Å². The number of aryl methyl sites for hydroxylation is 2. The molecular formula is C21H21N3O6S2. The molecule has 11 heteroatoms. The summed E-state index contributed by atoms with van der Waals surface area (Å²) in [5, 5.41) is 0. The molecule has 9 nitrogen and oxygen atoms in total. The summed E-state index contributed by atoms with van der Waals surface area (Å²) < 4.78 is 47.0. The lowest BCUT2D eigenvalue weighted by Gasteiger charge is -2.15. The molecule has 0 radical (unpaired) electrons. The lowest BCUT2D eigenvalue weighted by molar-refractivity contribution is 0.325. The van der Waals surface area contributed by atoms with E-state index in [2.05, 4.69) is 9.71 Å². The third-order valence-electron chi connectivity index (χ3n) is 4.92. The van der Waals surface area contributed by atoms with Crippen LogP contribution in [0.15, 0.2) is 40.0 Å². The van der Waals surface area contributed by atoms with Crippen molar-refractivity contribution in [2.75, 3.05) is 26.1 Å². The Morgan fingerprint density at radius 1 is 1.00 bits per heavy atom. The average Bonchev–Trinajstić information content (AvgIpc) is 3.09. The fourth-order valence-corrected chi connectivity index (χ4v) is 5.96. The standard InChI is InChI=1S/C21H21N3O6S2/c1-11-6-7-14-17(8-11)31-21-22-12(2)19(20(25)24(14)21)32(26,27)23-13-9-15(28-3)18(30-5)16(10-13)29-4/h6-10,23H,1-5H3. The normalized spacial score (nSPS) is 11.7. The Morgan fingerprint density at radius 3 is 2.25 bits per heavy atom. The Hall–Kier alpha value is -3.31. The monoisotopic (exact) mass is 475 g/mol. The largest absolute Gasteiger partial charge is 0.493 e. The molecule has 4 rings (SSSR count). The van der Waals surface area contributed by atoms with E-state index in [1.54, 1.807) is 6.07 Å². The van der Waals surface area contributed by atoms with Crippen LogP contribution in [0.5, 0.6) is 17.2 Å². The first-order chi connectivity index (χ1) is 15.2. The predicted molar refractivity (Wildman–Crippen MR) is 123 cm³/mol. The van der Waals surface area contributed by atoms with E-state index < -0.39 is 20.5 Å². The SMILES string of the molecule is COc1cc(NS(=O)(=O)c2c(C)nc3sc4cc(C)ccc4n3c2=O)cc(OC)c1OC. The Balaban J connectivity index is 1.89. The number of thiazole rings is 1. The van der Waals surface area contributed by atoms with E-state index >= 15 is 0 Å². The second kappa shape index (κ2) is 7.99. The number of fused-ring (bicyclic) bond motifs is 3. The van der Waals surface area contributed by atoms with Crippen molar-refractivity contribution in [3.63, 3.8) is 0 Å². The van der Waals surface area contributed by atoms with Gasteiger partial charge >= 0.3 is 0 Å². The molecule has 2 heterocycles. The Bertz CT molecular complexity index is 1500. The summed E-state index contributed by atoms with van der Waals surface area (Å²) in [5.41, 5.74) is 1.23. The van der Waals surface area contributed by atoms with Crippen LogP contribution < -0.4 is 24.5 Å². The van der Waals surface area contributed by atoms with Crippen molar-refractivity contribution in [2.45, 2.75) is 18.7 Å². The molecule has 0 bridgehead atoms. The van der Waals surface area contributed by atoms with Gasteiger partial charge in [0, 0.05) is 12.1 Å². The molecule has 0 unspecified atom stereocenters. The summed E-state index contributed by atoms with van der Waals surface area (Å²) in [7, 11) is 0.0109. The molecule has 2 aromatic heterocycles. The minimum atomic E-state index is -4.28. The number of hydrogen-bond acceptors (Lipinski definition) is 8. The number of benzene rings is 2. The van der Waals surface area contributed by atoms with Gasteiger partial charge in [0.1, 0.15) is 0 Å². The molecule has 32 heavy (non-hydrogen) atoms. The number of rotatable bonds is 6. The van der Waals surface area contributed by atoms with Crippen LogP contribution in [0.1, 0.15) is 11.3 Å². The third kappa shape index (κ3) is 3.53. The minimum Gasteiger partial charge on any atom is -0.493 e. The number of methoxy groups -OCH3 is 3. The Morgan fingerprint density at radius 2 is 1.66 bits per heavy atom. The molecular weight excluding hydrogens is 454 g/mol. The van der Waals surface area contributed by atoms with Crippen molar-refractivity contribution in [1.29, 1.82) is 0 Å². The first-order valence-corrected chi connectivity index (χ1v) is 11.8. The van der Waals surface area contributed by atoms with Crippen LogP contribution in [0.2, 0.25) is 0 Å². The van der Waals surface area contributed by atoms with Crippen LogP contribution in [0.25, 0.3) is 15.2 Å². The van der Waals surface area contributed by atoms with Crippen molar-refractivity contribution in [3.05, 3.63) is 51.9 Å². The van der Waals surface area contributed by atoms with Gasteiger partial charge in [-0.2, -0.15) is 0 Å². The number of anilines is 1. The summed E-state index contributed by atoms with van der Waals surface area (Å²) in [6.07, 6.45) is 0.